The largest absolute Gasteiger partial charge is 0.374 e. The maximum Gasteiger partial charge on any atom is 0.133 e. The Hall–Kier alpha value is -3.46. The van der Waals surface area contributed by atoms with Crippen molar-refractivity contribution < 1.29 is 8.78 Å². The lowest BCUT2D eigenvalue weighted by atomic mass is 9.90. The van der Waals surface area contributed by atoms with E-state index >= 15 is 0 Å². The van der Waals surface area contributed by atoms with Gasteiger partial charge in [-0.2, -0.15) is 0 Å². The second-order valence-electron chi connectivity index (χ2n) is 7.49. The Kier molecular flexibility index (Phi) is 5.62. The first kappa shape index (κ1) is 19.8. The fourth-order valence-electron chi connectivity index (χ4n) is 3.85. The SMILES string of the molecule is Cc1ccc(NC(c2ccccc2)c2ccccc2-c2c(F)cccc2F)c(C)c1. The summed E-state index contributed by atoms with van der Waals surface area (Å²) in [6.45, 7) is 4.11. The number of hydrogen-bond acceptors (Lipinski definition) is 1. The summed E-state index contributed by atoms with van der Waals surface area (Å²) in [4.78, 5) is 0. The summed E-state index contributed by atoms with van der Waals surface area (Å²) < 4.78 is 29.3. The average molecular weight is 399 g/mol. The monoisotopic (exact) mass is 399 g/mol. The van der Waals surface area contributed by atoms with Crippen molar-refractivity contribution >= 4 is 5.69 Å². The van der Waals surface area contributed by atoms with Crippen LogP contribution >= 0.6 is 0 Å². The molecule has 4 aromatic rings. The molecule has 0 amide bonds. The van der Waals surface area contributed by atoms with Crippen LogP contribution in [-0.2, 0) is 0 Å². The molecule has 0 aromatic heterocycles. The molecule has 0 spiro atoms. The molecule has 0 fully saturated rings. The van der Waals surface area contributed by atoms with E-state index in [1.165, 1.54) is 23.8 Å². The van der Waals surface area contributed by atoms with Crippen LogP contribution in [0, 0.1) is 25.5 Å². The number of nitrogens with one attached hydrogen (secondary N) is 1. The summed E-state index contributed by atoms with van der Waals surface area (Å²) in [6, 6.07) is 27.3. The van der Waals surface area contributed by atoms with Gasteiger partial charge in [0.2, 0.25) is 0 Å². The van der Waals surface area contributed by atoms with Gasteiger partial charge in [0.1, 0.15) is 11.6 Å². The Morgan fingerprint density at radius 2 is 1.37 bits per heavy atom. The standard InChI is InChI=1S/C27H23F2N/c1-18-15-16-25(19(2)17-18)30-27(20-9-4-3-5-10-20)22-12-7-6-11-21(22)26-23(28)13-8-14-24(26)29/h3-17,27,30H,1-2H3. The molecule has 0 bridgehead atoms. The van der Waals surface area contributed by atoms with Crippen molar-refractivity contribution in [2.45, 2.75) is 19.9 Å². The lowest BCUT2D eigenvalue weighted by Crippen LogP contribution is -2.14. The third-order valence-corrected chi connectivity index (χ3v) is 5.32. The van der Waals surface area contributed by atoms with Gasteiger partial charge in [-0.25, -0.2) is 8.78 Å². The molecule has 0 heterocycles. The molecule has 4 aromatic carbocycles. The van der Waals surface area contributed by atoms with E-state index in [0.29, 0.717) is 5.56 Å². The molecule has 0 aliphatic heterocycles. The second-order valence-corrected chi connectivity index (χ2v) is 7.49. The average Bonchev–Trinajstić information content (AvgIpc) is 2.74. The number of hydrogen-bond donors (Lipinski definition) is 1. The maximum absolute atomic E-state index is 14.7. The van der Waals surface area contributed by atoms with E-state index in [1.54, 1.807) is 6.07 Å². The number of halogens is 2. The minimum absolute atomic E-state index is 0.00328. The molecule has 3 heteroatoms. The first-order valence-electron chi connectivity index (χ1n) is 9.96. The van der Waals surface area contributed by atoms with Gasteiger partial charge in [-0.1, -0.05) is 78.4 Å². The zero-order valence-electron chi connectivity index (χ0n) is 17.0. The molecule has 1 atom stereocenters. The number of benzene rings is 4. The first-order valence-corrected chi connectivity index (χ1v) is 9.96. The van der Waals surface area contributed by atoms with Gasteiger partial charge >= 0.3 is 0 Å². The van der Waals surface area contributed by atoms with Crippen LogP contribution in [0.5, 0.6) is 0 Å². The van der Waals surface area contributed by atoms with Gasteiger partial charge in [0.25, 0.3) is 0 Å². The summed E-state index contributed by atoms with van der Waals surface area (Å²) >= 11 is 0. The van der Waals surface area contributed by atoms with Crippen molar-refractivity contribution in [2.75, 3.05) is 5.32 Å². The molecule has 0 saturated heterocycles. The van der Waals surface area contributed by atoms with E-state index < -0.39 is 11.6 Å². The van der Waals surface area contributed by atoms with Crippen LogP contribution < -0.4 is 5.32 Å². The molecule has 1 unspecified atom stereocenters. The van der Waals surface area contributed by atoms with Crippen molar-refractivity contribution in [1.29, 1.82) is 0 Å². The highest BCUT2D eigenvalue weighted by atomic mass is 19.1. The van der Waals surface area contributed by atoms with Crippen molar-refractivity contribution in [3.8, 4) is 11.1 Å². The van der Waals surface area contributed by atoms with E-state index in [-0.39, 0.29) is 11.6 Å². The van der Waals surface area contributed by atoms with E-state index in [1.807, 2.05) is 54.6 Å². The lowest BCUT2D eigenvalue weighted by Gasteiger charge is -2.25. The zero-order chi connectivity index (χ0) is 21.1. The van der Waals surface area contributed by atoms with Crippen molar-refractivity contribution in [1.82, 2.24) is 0 Å². The Bertz CT molecular complexity index is 1150. The molecule has 1 N–H and O–H groups in total. The summed E-state index contributed by atoms with van der Waals surface area (Å²) in [6.07, 6.45) is 0. The molecular weight excluding hydrogens is 376 g/mol. The molecule has 30 heavy (non-hydrogen) atoms. The van der Waals surface area contributed by atoms with E-state index in [4.69, 9.17) is 0 Å². The Labute approximate surface area is 176 Å². The summed E-state index contributed by atoms with van der Waals surface area (Å²) in [5.74, 6) is -1.14. The highest BCUT2D eigenvalue weighted by Gasteiger charge is 2.22. The zero-order valence-corrected chi connectivity index (χ0v) is 17.0. The molecule has 150 valence electrons. The fraction of sp³-hybridized carbons (Fsp3) is 0.111. The van der Waals surface area contributed by atoms with Gasteiger partial charge in [0, 0.05) is 5.69 Å². The Morgan fingerprint density at radius 3 is 2.07 bits per heavy atom. The van der Waals surface area contributed by atoms with Crippen molar-refractivity contribution in [3.63, 3.8) is 0 Å². The number of rotatable bonds is 5. The molecular formula is C27H23F2N. The normalized spacial score (nSPS) is 11.9. The van der Waals surface area contributed by atoms with Crippen LogP contribution in [0.2, 0.25) is 0 Å². The predicted molar refractivity (Wildman–Crippen MR) is 120 cm³/mol. The molecule has 0 aliphatic carbocycles. The van der Waals surface area contributed by atoms with E-state index in [2.05, 4.69) is 31.3 Å². The minimum Gasteiger partial charge on any atom is -0.374 e. The quantitative estimate of drug-likeness (QED) is 0.367. The van der Waals surface area contributed by atoms with Crippen LogP contribution in [0.1, 0.15) is 28.3 Å². The van der Waals surface area contributed by atoms with Crippen LogP contribution in [0.3, 0.4) is 0 Å². The second kappa shape index (κ2) is 8.50. The van der Waals surface area contributed by atoms with Crippen molar-refractivity contribution in [3.05, 3.63) is 125 Å². The first-order chi connectivity index (χ1) is 14.5. The molecule has 4 rings (SSSR count). The molecule has 0 radical (unpaired) electrons. The summed E-state index contributed by atoms with van der Waals surface area (Å²) in [7, 11) is 0. The highest BCUT2D eigenvalue weighted by molar-refractivity contribution is 5.71. The van der Waals surface area contributed by atoms with Crippen LogP contribution in [0.15, 0.2) is 91.0 Å². The van der Waals surface area contributed by atoms with Crippen molar-refractivity contribution in [2.24, 2.45) is 0 Å². The number of aryl methyl sites for hydroxylation is 2. The van der Waals surface area contributed by atoms with Gasteiger partial charge in [-0.05, 0) is 54.3 Å². The predicted octanol–water partition coefficient (Wildman–Crippen LogP) is 7.45. The third kappa shape index (κ3) is 3.97. The van der Waals surface area contributed by atoms with Crippen LogP contribution in [-0.4, -0.2) is 0 Å². The maximum atomic E-state index is 14.7. The van der Waals surface area contributed by atoms with Gasteiger partial charge < -0.3 is 5.32 Å². The highest BCUT2D eigenvalue weighted by Crippen LogP contribution is 2.37. The summed E-state index contributed by atoms with van der Waals surface area (Å²) in [5.41, 5.74) is 5.65. The number of anilines is 1. The lowest BCUT2D eigenvalue weighted by molar-refractivity contribution is 0.589. The molecule has 0 saturated carbocycles. The van der Waals surface area contributed by atoms with Gasteiger partial charge in [0.05, 0.1) is 11.6 Å². The Morgan fingerprint density at radius 1 is 0.700 bits per heavy atom. The minimum atomic E-state index is -0.569. The van der Waals surface area contributed by atoms with Gasteiger partial charge in [-0.15, -0.1) is 0 Å². The van der Waals surface area contributed by atoms with Gasteiger partial charge in [-0.3, -0.25) is 0 Å². The van der Waals surface area contributed by atoms with E-state index in [0.717, 1.165) is 22.4 Å². The van der Waals surface area contributed by atoms with Crippen LogP contribution in [0.25, 0.3) is 11.1 Å². The molecule has 0 aliphatic rings. The van der Waals surface area contributed by atoms with Gasteiger partial charge in [0.15, 0.2) is 0 Å². The van der Waals surface area contributed by atoms with Crippen LogP contribution in [0.4, 0.5) is 14.5 Å². The fourth-order valence-corrected chi connectivity index (χ4v) is 3.85. The van der Waals surface area contributed by atoms with E-state index in [9.17, 15) is 8.78 Å². The third-order valence-electron chi connectivity index (χ3n) is 5.32. The smallest absolute Gasteiger partial charge is 0.133 e. The molecule has 1 nitrogen and oxygen atoms in total. The topological polar surface area (TPSA) is 12.0 Å². The Balaban J connectivity index is 1.89. The summed E-state index contributed by atoms with van der Waals surface area (Å²) in [5, 5.41) is 3.61.